The number of carbonyl (C=O) groups is 1. The fourth-order valence-corrected chi connectivity index (χ4v) is 3.71. The maximum Gasteiger partial charge on any atom is 0.335 e. The summed E-state index contributed by atoms with van der Waals surface area (Å²) < 4.78 is 27.1. The van der Waals surface area contributed by atoms with Gasteiger partial charge in [0.25, 0.3) is 5.69 Å². The first-order valence-electron chi connectivity index (χ1n) is 7.56. The lowest BCUT2D eigenvalue weighted by Gasteiger charge is -2.20. The van der Waals surface area contributed by atoms with Crippen molar-refractivity contribution in [2.75, 3.05) is 0 Å². The summed E-state index contributed by atoms with van der Waals surface area (Å²) in [5.41, 5.74) is -0.449. The predicted molar refractivity (Wildman–Crippen MR) is 95.6 cm³/mol. The van der Waals surface area contributed by atoms with Crippen molar-refractivity contribution in [3.63, 3.8) is 0 Å². The summed E-state index contributed by atoms with van der Waals surface area (Å²) in [4.78, 5) is 21.5. The second-order valence-electron chi connectivity index (χ2n) is 6.71. The van der Waals surface area contributed by atoms with E-state index in [0.717, 1.165) is 6.07 Å². The van der Waals surface area contributed by atoms with E-state index < -0.39 is 26.5 Å². The molecule has 0 amide bonds. The van der Waals surface area contributed by atoms with Crippen molar-refractivity contribution in [1.82, 2.24) is 4.72 Å². The summed E-state index contributed by atoms with van der Waals surface area (Å²) in [6, 6.07) is 9.18. The van der Waals surface area contributed by atoms with Gasteiger partial charge in [0.2, 0.25) is 10.0 Å². The summed E-state index contributed by atoms with van der Waals surface area (Å²) in [5, 5.41) is 20.1. The van der Waals surface area contributed by atoms with Gasteiger partial charge in [0.05, 0.1) is 15.4 Å². The van der Waals surface area contributed by atoms with Crippen LogP contribution in [0.1, 0.15) is 31.1 Å². The summed E-state index contributed by atoms with van der Waals surface area (Å²) in [6.07, 6.45) is 0. The van der Waals surface area contributed by atoms with E-state index >= 15 is 0 Å². The van der Waals surface area contributed by atoms with Gasteiger partial charge in [-0.15, -0.1) is 0 Å². The first kappa shape index (κ1) is 19.5. The molecule has 2 aromatic carbocycles. The minimum atomic E-state index is -3.71. The minimum absolute atomic E-state index is 0.0417. The Balaban J connectivity index is 2.46. The Labute approximate surface area is 150 Å². The molecular formula is C17H18N2O6S. The Morgan fingerprint density at radius 2 is 1.65 bits per heavy atom. The lowest BCUT2D eigenvalue weighted by molar-refractivity contribution is -0.384. The fourth-order valence-electron chi connectivity index (χ4n) is 2.30. The van der Waals surface area contributed by atoms with Crippen LogP contribution in [0.2, 0.25) is 0 Å². The highest BCUT2D eigenvalue weighted by Gasteiger charge is 2.22. The maximum atomic E-state index is 12.3. The highest BCUT2D eigenvalue weighted by Crippen LogP contribution is 2.27. The van der Waals surface area contributed by atoms with Gasteiger partial charge < -0.3 is 5.11 Å². The molecule has 0 saturated heterocycles. The third-order valence-electron chi connectivity index (χ3n) is 3.31. The molecule has 0 aliphatic heterocycles. The van der Waals surface area contributed by atoms with Crippen LogP contribution in [0.4, 0.5) is 5.69 Å². The molecule has 0 fully saturated rings. The van der Waals surface area contributed by atoms with E-state index in [2.05, 4.69) is 4.72 Å². The van der Waals surface area contributed by atoms with E-state index in [-0.39, 0.29) is 16.1 Å². The van der Waals surface area contributed by atoms with Crippen LogP contribution in [0.5, 0.6) is 0 Å². The van der Waals surface area contributed by atoms with Crippen molar-refractivity contribution in [2.45, 2.75) is 31.2 Å². The fraction of sp³-hybridized carbons (Fsp3) is 0.235. The van der Waals surface area contributed by atoms with E-state index in [1.54, 1.807) is 20.8 Å². The lowest BCUT2D eigenvalue weighted by atomic mass is 10.0. The molecular weight excluding hydrogens is 360 g/mol. The van der Waals surface area contributed by atoms with Gasteiger partial charge in [0.15, 0.2) is 0 Å². The number of nitro benzene ring substituents is 1. The highest BCUT2D eigenvalue weighted by atomic mass is 32.2. The molecule has 0 spiro atoms. The third kappa shape index (κ3) is 4.64. The number of carboxylic acid groups (broad SMARTS) is 1. The van der Waals surface area contributed by atoms with Gasteiger partial charge in [-0.2, -0.15) is 0 Å². The first-order chi connectivity index (χ1) is 11.9. The van der Waals surface area contributed by atoms with Crippen molar-refractivity contribution in [1.29, 1.82) is 0 Å². The number of aromatic carboxylic acids is 1. The summed E-state index contributed by atoms with van der Waals surface area (Å²) in [6.45, 7) is 5.15. The Hall–Kier alpha value is -2.78. The van der Waals surface area contributed by atoms with Crippen LogP contribution < -0.4 is 4.72 Å². The van der Waals surface area contributed by atoms with Crippen molar-refractivity contribution in [2.24, 2.45) is 0 Å². The second-order valence-corrected chi connectivity index (χ2v) is 8.39. The van der Waals surface area contributed by atoms with E-state index in [9.17, 15) is 23.3 Å². The first-order valence-corrected chi connectivity index (χ1v) is 9.04. The van der Waals surface area contributed by atoms with Gasteiger partial charge in [-0.05, 0) is 50.1 Å². The molecule has 0 aliphatic carbocycles. The highest BCUT2D eigenvalue weighted by molar-refractivity contribution is 7.89. The topological polar surface area (TPSA) is 127 Å². The molecule has 0 unspecified atom stereocenters. The quantitative estimate of drug-likeness (QED) is 0.608. The van der Waals surface area contributed by atoms with Crippen LogP contribution in [0.15, 0.2) is 47.4 Å². The minimum Gasteiger partial charge on any atom is -0.478 e. The van der Waals surface area contributed by atoms with Crippen LogP contribution >= 0.6 is 0 Å². The normalized spacial score (nSPS) is 12.0. The number of nitrogens with zero attached hydrogens (tertiary/aromatic N) is 1. The molecule has 2 rings (SSSR count). The molecule has 2 aromatic rings. The summed E-state index contributed by atoms with van der Waals surface area (Å²) in [7, 11) is -3.71. The van der Waals surface area contributed by atoms with Gasteiger partial charge >= 0.3 is 5.97 Å². The number of nitrogens with one attached hydrogen (secondary N) is 1. The third-order valence-corrected chi connectivity index (χ3v) is 5.09. The lowest BCUT2D eigenvalue weighted by Crippen LogP contribution is -2.40. The number of carboxylic acids is 1. The molecule has 138 valence electrons. The number of nitro groups is 1. The van der Waals surface area contributed by atoms with Crippen LogP contribution in [-0.2, 0) is 10.0 Å². The number of hydrogen-bond donors (Lipinski definition) is 2. The second kappa shape index (κ2) is 6.85. The molecule has 0 bridgehead atoms. The van der Waals surface area contributed by atoms with Crippen molar-refractivity contribution < 1.29 is 23.2 Å². The smallest absolute Gasteiger partial charge is 0.335 e. The molecule has 9 heteroatoms. The van der Waals surface area contributed by atoms with Crippen molar-refractivity contribution in [3.8, 4) is 11.1 Å². The largest absolute Gasteiger partial charge is 0.478 e. The number of benzene rings is 2. The maximum absolute atomic E-state index is 12.3. The molecule has 2 N–H and O–H groups in total. The summed E-state index contributed by atoms with van der Waals surface area (Å²) in [5.74, 6) is -1.29. The van der Waals surface area contributed by atoms with Gasteiger partial charge in [-0.3, -0.25) is 10.1 Å². The average Bonchev–Trinajstić information content (AvgIpc) is 2.52. The number of rotatable bonds is 5. The van der Waals surface area contributed by atoms with Crippen molar-refractivity contribution in [3.05, 3.63) is 58.1 Å². The van der Waals surface area contributed by atoms with E-state index in [4.69, 9.17) is 5.11 Å². The van der Waals surface area contributed by atoms with E-state index in [1.807, 2.05) is 0 Å². The molecule has 26 heavy (non-hydrogen) atoms. The number of hydrogen-bond acceptors (Lipinski definition) is 5. The molecule has 0 aliphatic rings. The van der Waals surface area contributed by atoms with Crippen LogP contribution in [-0.4, -0.2) is 30.0 Å². The predicted octanol–water partition coefficient (Wildman–Crippen LogP) is 3.04. The SMILES string of the molecule is CC(C)(C)NS(=O)(=O)c1ccc(-c2cc(C(=O)O)cc([N+](=O)[O-])c2)cc1. The van der Waals surface area contributed by atoms with Gasteiger partial charge in [-0.1, -0.05) is 12.1 Å². The Morgan fingerprint density at radius 3 is 2.12 bits per heavy atom. The van der Waals surface area contributed by atoms with E-state index in [0.29, 0.717) is 11.1 Å². The monoisotopic (exact) mass is 378 g/mol. The van der Waals surface area contributed by atoms with E-state index in [1.165, 1.54) is 36.4 Å². The molecule has 0 radical (unpaired) electrons. The van der Waals surface area contributed by atoms with Gasteiger partial charge in [-0.25, -0.2) is 17.9 Å². The molecule has 0 saturated carbocycles. The van der Waals surface area contributed by atoms with Crippen LogP contribution in [0, 0.1) is 10.1 Å². The molecule has 8 nitrogen and oxygen atoms in total. The zero-order valence-corrected chi connectivity index (χ0v) is 15.2. The number of sulfonamides is 1. The molecule has 0 heterocycles. The van der Waals surface area contributed by atoms with Crippen LogP contribution in [0.3, 0.4) is 0 Å². The summed E-state index contributed by atoms with van der Waals surface area (Å²) >= 11 is 0. The zero-order chi connectivity index (χ0) is 19.7. The Bertz CT molecular complexity index is 927. The standard InChI is InChI=1S/C17H18N2O6S/c1-17(2,3)18-26(24,25)15-6-4-11(5-7-15)12-8-13(16(20)21)10-14(9-12)19(22)23/h4-10,18H,1-3H3,(H,20,21). The van der Waals surface area contributed by atoms with Gasteiger partial charge in [0.1, 0.15) is 0 Å². The number of non-ortho nitro benzene ring substituents is 1. The van der Waals surface area contributed by atoms with Gasteiger partial charge in [0, 0.05) is 17.7 Å². The molecule has 0 aromatic heterocycles. The molecule has 0 atom stereocenters. The Kier molecular flexibility index (Phi) is 5.15. The van der Waals surface area contributed by atoms with Crippen LogP contribution in [0.25, 0.3) is 11.1 Å². The average molecular weight is 378 g/mol. The Morgan fingerprint density at radius 1 is 1.08 bits per heavy atom. The zero-order valence-electron chi connectivity index (χ0n) is 14.4. The van der Waals surface area contributed by atoms with Crippen molar-refractivity contribution >= 4 is 21.7 Å².